The summed E-state index contributed by atoms with van der Waals surface area (Å²) in [6.07, 6.45) is 0.510. The van der Waals surface area contributed by atoms with Crippen molar-refractivity contribution in [2.75, 3.05) is 12.3 Å². The molecule has 0 bridgehead atoms. The van der Waals surface area contributed by atoms with Crippen LogP contribution in [0.1, 0.15) is 18.4 Å². The van der Waals surface area contributed by atoms with Crippen LogP contribution in [0, 0.1) is 0 Å². The van der Waals surface area contributed by atoms with E-state index in [0.717, 1.165) is 5.56 Å². The highest BCUT2D eigenvalue weighted by atomic mass is 16.2. The summed E-state index contributed by atoms with van der Waals surface area (Å²) in [6, 6.07) is 7.46. The molecule has 1 saturated heterocycles. The fourth-order valence-corrected chi connectivity index (χ4v) is 1.83. The van der Waals surface area contributed by atoms with Gasteiger partial charge in [0.2, 0.25) is 5.91 Å². The fourth-order valence-electron chi connectivity index (χ4n) is 1.83. The smallest absolute Gasteiger partial charge is 0.230 e. The fraction of sp³-hybridized carbons (Fsp3) is 0.333. The van der Waals surface area contributed by atoms with Gasteiger partial charge in [0.25, 0.3) is 0 Å². The zero-order chi connectivity index (χ0) is 11.5. The van der Waals surface area contributed by atoms with Crippen LogP contribution in [0.4, 0.5) is 5.69 Å². The summed E-state index contributed by atoms with van der Waals surface area (Å²) in [7, 11) is 0. The van der Waals surface area contributed by atoms with Gasteiger partial charge >= 0.3 is 0 Å². The SMILES string of the molecule is Nc1cccc(CN2CCC(=O)CC2=O)c1. The van der Waals surface area contributed by atoms with Crippen LogP contribution in [0.5, 0.6) is 0 Å². The highest BCUT2D eigenvalue weighted by molar-refractivity contribution is 6.00. The van der Waals surface area contributed by atoms with E-state index < -0.39 is 0 Å². The molecule has 1 aromatic carbocycles. The Bertz CT molecular complexity index is 429. The Morgan fingerprint density at radius 2 is 2.12 bits per heavy atom. The van der Waals surface area contributed by atoms with Crippen molar-refractivity contribution in [3.63, 3.8) is 0 Å². The van der Waals surface area contributed by atoms with Gasteiger partial charge in [-0.2, -0.15) is 0 Å². The highest BCUT2D eigenvalue weighted by Gasteiger charge is 2.23. The number of nitrogen functional groups attached to an aromatic ring is 1. The predicted octanol–water partition coefficient (Wildman–Crippen LogP) is 0.960. The Hall–Kier alpha value is -1.84. The molecule has 0 aliphatic carbocycles. The van der Waals surface area contributed by atoms with Crippen molar-refractivity contribution in [2.45, 2.75) is 19.4 Å². The van der Waals surface area contributed by atoms with Gasteiger partial charge in [-0.3, -0.25) is 9.59 Å². The first kappa shape index (κ1) is 10.7. The number of carbonyl (C=O) groups excluding carboxylic acids is 2. The molecule has 1 heterocycles. The van der Waals surface area contributed by atoms with E-state index in [-0.39, 0.29) is 18.1 Å². The average molecular weight is 218 g/mol. The van der Waals surface area contributed by atoms with Crippen molar-refractivity contribution in [2.24, 2.45) is 0 Å². The van der Waals surface area contributed by atoms with E-state index in [0.29, 0.717) is 25.2 Å². The van der Waals surface area contributed by atoms with Gasteiger partial charge in [0.1, 0.15) is 5.78 Å². The Kier molecular flexibility index (Phi) is 2.90. The lowest BCUT2D eigenvalue weighted by Gasteiger charge is -2.26. The maximum atomic E-state index is 11.6. The number of hydrogen-bond donors (Lipinski definition) is 1. The molecule has 4 nitrogen and oxygen atoms in total. The summed E-state index contributed by atoms with van der Waals surface area (Å²) < 4.78 is 0. The summed E-state index contributed by atoms with van der Waals surface area (Å²) >= 11 is 0. The van der Waals surface area contributed by atoms with Gasteiger partial charge in [0.15, 0.2) is 0 Å². The second-order valence-corrected chi connectivity index (χ2v) is 4.03. The van der Waals surface area contributed by atoms with Gasteiger partial charge in [0.05, 0.1) is 6.42 Å². The minimum atomic E-state index is -0.0846. The highest BCUT2D eigenvalue weighted by Crippen LogP contribution is 2.14. The quantitative estimate of drug-likeness (QED) is 0.594. The molecule has 16 heavy (non-hydrogen) atoms. The minimum absolute atomic E-state index is 0.0359. The number of rotatable bonds is 2. The number of nitrogens with zero attached hydrogens (tertiary/aromatic N) is 1. The number of Topliss-reactive ketones (excluding diaryl/α,β-unsaturated/α-hetero) is 1. The van der Waals surface area contributed by atoms with Crippen molar-refractivity contribution in [3.05, 3.63) is 29.8 Å². The van der Waals surface area contributed by atoms with E-state index in [1.807, 2.05) is 24.3 Å². The third kappa shape index (κ3) is 2.39. The zero-order valence-corrected chi connectivity index (χ0v) is 8.98. The Labute approximate surface area is 94.0 Å². The van der Waals surface area contributed by atoms with Gasteiger partial charge in [0, 0.05) is 25.2 Å². The number of ketones is 1. The van der Waals surface area contributed by atoms with E-state index in [9.17, 15) is 9.59 Å². The molecule has 2 rings (SSSR count). The van der Waals surface area contributed by atoms with Crippen LogP contribution in [0.25, 0.3) is 0 Å². The lowest BCUT2D eigenvalue weighted by atomic mass is 10.1. The number of likely N-dealkylation sites (tertiary alicyclic amines) is 1. The number of anilines is 1. The van der Waals surface area contributed by atoms with Crippen molar-refractivity contribution in [1.29, 1.82) is 0 Å². The molecule has 0 radical (unpaired) electrons. The Morgan fingerprint density at radius 1 is 1.31 bits per heavy atom. The molecule has 1 amide bonds. The second-order valence-electron chi connectivity index (χ2n) is 4.03. The van der Waals surface area contributed by atoms with Crippen LogP contribution in [0.15, 0.2) is 24.3 Å². The summed E-state index contributed by atoms with van der Waals surface area (Å²) in [5.41, 5.74) is 7.36. The Morgan fingerprint density at radius 3 is 2.81 bits per heavy atom. The molecule has 4 heteroatoms. The molecule has 1 fully saturated rings. The third-order valence-corrected chi connectivity index (χ3v) is 2.69. The molecule has 84 valence electrons. The van der Waals surface area contributed by atoms with Gasteiger partial charge in [-0.05, 0) is 17.7 Å². The second kappa shape index (κ2) is 4.35. The van der Waals surface area contributed by atoms with Crippen LogP contribution >= 0.6 is 0 Å². The van der Waals surface area contributed by atoms with E-state index in [4.69, 9.17) is 5.73 Å². The third-order valence-electron chi connectivity index (χ3n) is 2.69. The monoisotopic (exact) mass is 218 g/mol. The topological polar surface area (TPSA) is 63.4 Å². The lowest BCUT2D eigenvalue weighted by Crippen LogP contribution is -2.38. The molecule has 0 spiro atoms. The summed E-state index contributed by atoms with van der Waals surface area (Å²) in [6.45, 7) is 1.06. The standard InChI is InChI=1S/C12H14N2O2/c13-10-3-1-2-9(6-10)8-14-5-4-11(15)7-12(14)16/h1-3,6H,4-5,7-8,13H2. The largest absolute Gasteiger partial charge is 0.399 e. The molecular weight excluding hydrogens is 204 g/mol. The van der Waals surface area contributed by atoms with Gasteiger partial charge in [-0.25, -0.2) is 0 Å². The maximum absolute atomic E-state index is 11.6. The first-order valence-corrected chi connectivity index (χ1v) is 5.29. The summed E-state index contributed by atoms with van der Waals surface area (Å²) in [5, 5.41) is 0. The normalized spacial score (nSPS) is 16.6. The van der Waals surface area contributed by atoms with E-state index in [1.54, 1.807) is 4.90 Å². The average Bonchev–Trinajstić information content (AvgIpc) is 2.22. The maximum Gasteiger partial charge on any atom is 0.230 e. The van der Waals surface area contributed by atoms with E-state index in [1.165, 1.54) is 0 Å². The van der Waals surface area contributed by atoms with Crippen LogP contribution in [0.2, 0.25) is 0 Å². The van der Waals surface area contributed by atoms with Crippen molar-refractivity contribution in [3.8, 4) is 0 Å². The number of nitrogens with two attached hydrogens (primary N) is 1. The predicted molar refractivity (Wildman–Crippen MR) is 60.5 cm³/mol. The first-order valence-electron chi connectivity index (χ1n) is 5.29. The molecule has 0 aromatic heterocycles. The molecule has 1 aromatic rings. The lowest BCUT2D eigenvalue weighted by molar-refractivity contribution is -0.139. The molecular formula is C12H14N2O2. The number of piperidine rings is 1. The molecule has 0 unspecified atom stereocenters. The van der Waals surface area contributed by atoms with Crippen LogP contribution in [0.3, 0.4) is 0 Å². The van der Waals surface area contributed by atoms with Crippen LogP contribution in [-0.4, -0.2) is 23.1 Å². The first-order chi connectivity index (χ1) is 7.65. The van der Waals surface area contributed by atoms with Crippen molar-refractivity contribution < 1.29 is 9.59 Å². The van der Waals surface area contributed by atoms with Crippen molar-refractivity contribution >= 4 is 17.4 Å². The van der Waals surface area contributed by atoms with Crippen molar-refractivity contribution in [1.82, 2.24) is 4.90 Å². The summed E-state index contributed by atoms with van der Waals surface area (Å²) in [5.74, 6) is -0.0486. The van der Waals surface area contributed by atoms with Gasteiger partial charge in [-0.15, -0.1) is 0 Å². The van der Waals surface area contributed by atoms with Gasteiger partial charge in [-0.1, -0.05) is 12.1 Å². The Balaban J connectivity index is 2.05. The zero-order valence-electron chi connectivity index (χ0n) is 8.98. The number of hydrogen-bond acceptors (Lipinski definition) is 3. The summed E-state index contributed by atoms with van der Waals surface area (Å²) in [4.78, 5) is 24.3. The van der Waals surface area contributed by atoms with Crippen LogP contribution in [-0.2, 0) is 16.1 Å². The van der Waals surface area contributed by atoms with E-state index in [2.05, 4.69) is 0 Å². The van der Waals surface area contributed by atoms with Crippen LogP contribution < -0.4 is 5.73 Å². The number of benzene rings is 1. The van der Waals surface area contributed by atoms with E-state index >= 15 is 0 Å². The molecule has 0 saturated carbocycles. The van der Waals surface area contributed by atoms with Gasteiger partial charge < -0.3 is 10.6 Å². The minimum Gasteiger partial charge on any atom is -0.399 e. The number of carbonyl (C=O) groups is 2. The molecule has 1 aliphatic heterocycles. The number of amides is 1. The molecule has 2 N–H and O–H groups in total. The molecule has 0 atom stereocenters. The molecule has 1 aliphatic rings.